The van der Waals surface area contributed by atoms with Crippen LogP contribution in [0.1, 0.15) is 12.7 Å². The number of aromatic amines is 1. The number of carboxylic acid groups (broad SMARTS) is 1. The van der Waals surface area contributed by atoms with Crippen LogP contribution in [0.15, 0.2) is 41.0 Å². The zero-order valence-corrected chi connectivity index (χ0v) is 21.2. The van der Waals surface area contributed by atoms with Gasteiger partial charge in [-0.15, -0.1) is 16.9 Å². The third kappa shape index (κ3) is 4.77. The fraction of sp³-hybridized carbons (Fsp3) is 0.300. The molecule has 0 aromatic carbocycles. The number of oxime groups is 1. The average Bonchev–Trinajstić information content (AvgIpc) is 3.60. The van der Waals surface area contributed by atoms with Gasteiger partial charge in [0.15, 0.2) is 29.9 Å². The van der Waals surface area contributed by atoms with E-state index in [0.29, 0.717) is 17.2 Å². The van der Waals surface area contributed by atoms with Crippen molar-refractivity contribution in [3.05, 3.63) is 41.6 Å². The van der Waals surface area contributed by atoms with E-state index < -0.39 is 29.2 Å². The maximum absolute atomic E-state index is 13.0. The molecular weight excluding hydrogens is 538 g/mol. The Balaban J connectivity index is 1.32. The number of aromatic nitrogens is 7. The standard InChI is InChI=1S/C20H19N11O5S2/c1-2-36-26-11(15-23-20(21)38-27-15)16(32)22-12-17(33)31-13(19(34)35)10(8-37-18(12)31)7-30-5-3-9(4-6-30)14-24-28-29-25-14/h3-6,12,18H,2,7-8H2,1H3,(H4,21,22,23,27,32,34,35)/t12?,18-/m0/s1. The number of thioether (sulfide) groups is 1. The minimum absolute atomic E-state index is 0.0430. The quantitative estimate of drug-likeness (QED) is 0.107. The van der Waals surface area contributed by atoms with Gasteiger partial charge >= 0.3 is 0 Å². The zero-order valence-electron chi connectivity index (χ0n) is 19.6. The highest BCUT2D eigenvalue weighted by Crippen LogP contribution is 2.40. The molecule has 0 bridgehead atoms. The normalized spacial score (nSPS) is 19.1. The number of hydrogen-bond donors (Lipinski definition) is 3. The molecule has 4 N–H and O–H groups in total. The van der Waals surface area contributed by atoms with Crippen molar-refractivity contribution in [3.63, 3.8) is 0 Å². The number of amides is 2. The van der Waals surface area contributed by atoms with Crippen molar-refractivity contribution < 1.29 is 28.9 Å². The molecule has 0 aliphatic carbocycles. The molecule has 1 fully saturated rings. The summed E-state index contributed by atoms with van der Waals surface area (Å²) in [7, 11) is 0. The van der Waals surface area contributed by atoms with Crippen LogP contribution >= 0.6 is 23.3 Å². The maximum Gasteiger partial charge on any atom is 0.278 e. The van der Waals surface area contributed by atoms with Crippen molar-refractivity contribution in [1.82, 2.24) is 40.2 Å². The first-order chi connectivity index (χ1) is 18.4. The summed E-state index contributed by atoms with van der Waals surface area (Å²) in [6.45, 7) is 2.08. The topological polar surface area (TPSA) is 221 Å². The Kier molecular flexibility index (Phi) is 6.97. The molecule has 196 valence electrons. The highest BCUT2D eigenvalue weighted by atomic mass is 32.2. The Morgan fingerprint density at radius 3 is 2.82 bits per heavy atom. The van der Waals surface area contributed by atoms with Crippen molar-refractivity contribution in [2.24, 2.45) is 5.16 Å². The fourth-order valence-electron chi connectivity index (χ4n) is 3.87. The highest BCUT2D eigenvalue weighted by Gasteiger charge is 2.53. The second kappa shape index (κ2) is 10.5. The molecule has 5 heterocycles. The van der Waals surface area contributed by atoms with Crippen LogP contribution in [0, 0.1) is 0 Å². The van der Waals surface area contributed by atoms with Gasteiger partial charge in [-0.2, -0.15) is 9.36 Å². The van der Waals surface area contributed by atoms with E-state index in [1.165, 1.54) is 11.8 Å². The second-order valence-corrected chi connectivity index (χ2v) is 9.81. The fourth-order valence-corrected chi connectivity index (χ4v) is 5.64. The number of β-lactam (4-membered cyclic amide) rings is 1. The first-order valence-corrected chi connectivity index (χ1v) is 12.9. The van der Waals surface area contributed by atoms with Crippen LogP contribution in [0.5, 0.6) is 0 Å². The average molecular weight is 558 g/mol. The molecule has 1 unspecified atom stereocenters. The molecular formula is C20H19N11O5S2. The molecule has 0 spiro atoms. The Labute approximate surface area is 222 Å². The van der Waals surface area contributed by atoms with Crippen molar-refractivity contribution in [2.75, 3.05) is 18.1 Å². The van der Waals surface area contributed by atoms with Gasteiger partial charge in [0.25, 0.3) is 11.8 Å². The highest BCUT2D eigenvalue weighted by molar-refractivity contribution is 8.00. The van der Waals surface area contributed by atoms with Gasteiger partial charge < -0.3 is 25.8 Å². The number of hydrogen-bond acceptors (Lipinski definition) is 14. The van der Waals surface area contributed by atoms with E-state index in [-0.39, 0.29) is 35.5 Å². The Morgan fingerprint density at radius 2 is 2.18 bits per heavy atom. The number of nitrogens with one attached hydrogen (secondary N) is 2. The number of anilines is 1. The van der Waals surface area contributed by atoms with E-state index in [1.54, 1.807) is 36.0 Å². The summed E-state index contributed by atoms with van der Waals surface area (Å²) >= 11 is 2.20. The monoisotopic (exact) mass is 557 g/mol. The molecule has 2 amide bonds. The molecule has 18 heteroatoms. The first-order valence-electron chi connectivity index (χ1n) is 11.1. The molecule has 3 aromatic rings. The summed E-state index contributed by atoms with van der Waals surface area (Å²) in [6, 6.07) is 2.55. The number of fused-ring (bicyclic) bond motifs is 1. The summed E-state index contributed by atoms with van der Waals surface area (Å²) in [5, 5.41) is 31.5. The molecule has 0 saturated carbocycles. The van der Waals surface area contributed by atoms with Crippen LogP contribution < -0.4 is 20.7 Å². The predicted molar refractivity (Wildman–Crippen MR) is 129 cm³/mol. The largest absolute Gasteiger partial charge is 0.543 e. The van der Waals surface area contributed by atoms with E-state index >= 15 is 0 Å². The molecule has 2 atom stereocenters. The van der Waals surface area contributed by atoms with Crippen molar-refractivity contribution in [1.29, 1.82) is 0 Å². The summed E-state index contributed by atoms with van der Waals surface area (Å²) < 4.78 is 5.74. The van der Waals surface area contributed by atoms with E-state index in [9.17, 15) is 19.5 Å². The maximum atomic E-state index is 13.0. The molecule has 38 heavy (non-hydrogen) atoms. The smallest absolute Gasteiger partial charge is 0.278 e. The minimum atomic E-state index is -1.48. The molecule has 3 aromatic heterocycles. The first kappa shape index (κ1) is 25.2. The zero-order chi connectivity index (χ0) is 26.8. The number of carbonyl (C=O) groups excluding carboxylic acids is 3. The van der Waals surface area contributed by atoms with Crippen LogP contribution in [0.25, 0.3) is 11.4 Å². The third-order valence-corrected chi connectivity index (χ3v) is 7.45. The van der Waals surface area contributed by atoms with Crippen LogP contribution in [-0.2, 0) is 25.8 Å². The van der Waals surface area contributed by atoms with Gasteiger partial charge in [-0.1, -0.05) is 5.16 Å². The number of aliphatic carboxylic acids is 1. The van der Waals surface area contributed by atoms with Crippen LogP contribution in [0.3, 0.4) is 0 Å². The van der Waals surface area contributed by atoms with Gasteiger partial charge in [0.2, 0.25) is 11.5 Å². The molecule has 1 saturated heterocycles. The summed E-state index contributed by atoms with van der Waals surface area (Å²) in [5.41, 5.74) is 6.39. The van der Waals surface area contributed by atoms with E-state index in [4.69, 9.17) is 10.6 Å². The molecule has 5 rings (SSSR count). The molecule has 2 aliphatic heterocycles. The lowest BCUT2D eigenvalue weighted by Gasteiger charge is -2.50. The van der Waals surface area contributed by atoms with E-state index in [2.05, 4.69) is 40.5 Å². The number of H-pyrrole nitrogens is 1. The van der Waals surface area contributed by atoms with Gasteiger partial charge in [0.05, 0.1) is 11.7 Å². The molecule has 16 nitrogen and oxygen atoms in total. The Hall–Kier alpha value is -4.45. The predicted octanol–water partition coefficient (Wildman–Crippen LogP) is -2.57. The number of carbonyl (C=O) groups is 3. The lowest BCUT2D eigenvalue weighted by Crippen LogP contribution is -2.71. The number of nitrogen functional groups attached to an aromatic ring is 1. The Bertz CT molecular complexity index is 1440. The summed E-state index contributed by atoms with van der Waals surface area (Å²) in [6.07, 6.45) is 3.49. The van der Waals surface area contributed by atoms with Gasteiger partial charge in [0.1, 0.15) is 18.0 Å². The summed E-state index contributed by atoms with van der Waals surface area (Å²) in [4.78, 5) is 48.1. The Morgan fingerprint density at radius 1 is 1.39 bits per heavy atom. The van der Waals surface area contributed by atoms with Crippen LogP contribution in [-0.4, -0.2) is 82.2 Å². The summed E-state index contributed by atoms with van der Waals surface area (Å²) in [5.74, 6) is -2.07. The van der Waals surface area contributed by atoms with Crippen molar-refractivity contribution in [2.45, 2.75) is 24.9 Å². The lowest BCUT2D eigenvalue weighted by molar-refractivity contribution is -0.689. The number of tetrazole rings is 1. The molecule has 0 radical (unpaired) electrons. The van der Waals surface area contributed by atoms with E-state index in [0.717, 1.165) is 22.0 Å². The number of nitrogens with zero attached hydrogens (tertiary/aromatic N) is 8. The van der Waals surface area contributed by atoms with Gasteiger partial charge in [0, 0.05) is 40.6 Å². The minimum Gasteiger partial charge on any atom is -0.543 e. The lowest BCUT2D eigenvalue weighted by atomic mass is 10.0. The number of nitrogens with two attached hydrogens (primary N) is 1. The number of carboxylic acids is 1. The molecule has 2 aliphatic rings. The van der Waals surface area contributed by atoms with Gasteiger partial charge in [-0.3, -0.25) is 14.5 Å². The van der Waals surface area contributed by atoms with Crippen LogP contribution in [0.4, 0.5) is 5.13 Å². The van der Waals surface area contributed by atoms with Crippen molar-refractivity contribution in [3.8, 4) is 11.4 Å². The van der Waals surface area contributed by atoms with Crippen molar-refractivity contribution >= 4 is 51.9 Å². The number of pyridine rings is 1. The SMILES string of the molecule is CCON=C(C(=O)NC1C(=O)N2C(C(=O)[O-])=C(C[n+]3ccc(-c4nnn[nH]4)cc3)CS[C@@H]12)c1nsc(N)n1. The second-order valence-electron chi connectivity index (χ2n) is 7.92. The number of rotatable bonds is 9. The third-order valence-electron chi connectivity index (χ3n) is 5.56. The van der Waals surface area contributed by atoms with E-state index in [1.807, 2.05) is 0 Å². The van der Waals surface area contributed by atoms with Gasteiger partial charge in [-0.25, -0.2) is 9.67 Å². The van der Waals surface area contributed by atoms with Crippen LogP contribution in [0.2, 0.25) is 0 Å². The van der Waals surface area contributed by atoms with Gasteiger partial charge in [-0.05, 0) is 17.4 Å².